The molecule has 0 unspecified atom stereocenters. The van der Waals surface area contributed by atoms with E-state index < -0.39 is 0 Å². The topological polar surface area (TPSA) is 83.7 Å². The van der Waals surface area contributed by atoms with Crippen molar-refractivity contribution in [1.82, 2.24) is 19.9 Å². The molecule has 6 heteroatoms. The van der Waals surface area contributed by atoms with Gasteiger partial charge in [-0.3, -0.25) is 0 Å². The van der Waals surface area contributed by atoms with E-state index in [-0.39, 0.29) is 0 Å². The molecule has 0 radical (unpaired) electrons. The standard InChI is InChI=1S/C14H16N6/c1-2-20(7-10-3-5-11(15)6-4-10)14-12-13(17-8-16-12)18-9-19-14/h3-6,8-9H,2,7,15H2,1H3,(H,16,17,18,19). The molecule has 0 aliphatic carbocycles. The highest BCUT2D eigenvalue weighted by molar-refractivity contribution is 5.82. The van der Waals surface area contributed by atoms with Crippen molar-refractivity contribution in [2.24, 2.45) is 0 Å². The van der Waals surface area contributed by atoms with Gasteiger partial charge in [0, 0.05) is 18.8 Å². The Bertz CT molecular complexity index is 703. The van der Waals surface area contributed by atoms with Gasteiger partial charge >= 0.3 is 0 Å². The van der Waals surface area contributed by atoms with Crippen molar-refractivity contribution >= 4 is 22.7 Å². The van der Waals surface area contributed by atoms with E-state index in [2.05, 4.69) is 31.8 Å². The summed E-state index contributed by atoms with van der Waals surface area (Å²) in [5.41, 5.74) is 9.23. The van der Waals surface area contributed by atoms with Crippen LogP contribution >= 0.6 is 0 Å². The zero-order chi connectivity index (χ0) is 13.9. The lowest BCUT2D eigenvalue weighted by Gasteiger charge is -2.22. The van der Waals surface area contributed by atoms with Crippen LogP contribution in [0.2, 0.25) is 0 Å². The molecule has 1 aromatic carbocycles. The Morgan fingerprint density at radius 2 is 1.95 bits per heavy atom. The summed E-state index contributed by atoms with van der Waals surface area (Å²) in [6.07, 6.45) is 3.18. The Balaban J connectivity index is 1.93. The number of aromatic nitrogens is 4. The number of fused-ring (bicyclic) bond motifs is 1. The van der Waals surface area contributed by atoms with Gasteiger partial charge in [0.1, 0.15) is 11.8 Å². The van der Waals surface area contributed by atoms with Crippen LogP contribution in [-0.4, -0.2) is 26.5 Å². The van der Waals surface area contributed by atoms with Crippen molar-refractivity contribution in [3.8, 4) is 0 Å². The number of aromatic amines is 1. The first-order chi connectivity index (χ1) is 9.78. The highest BCUT2D eigenvalue weighted by Crippen LogP contribution is 2.21. The molecule has 3 rings (SSSR count). The van der Waals surface area contributed by atoms with Gasteiger partial charge in [-0.2, -0.15) is 0 Å². The molecule has 0 fully saturated rings. The van der Waals surface area contributed by atoms with E-state index in [0.717, 1.165) is 30.1 Å². The van der Waals surface area contributed by atoms with Crippen LogP contribution in [0.15, 0.2) is 36.9 Å². The summed E-state index contributed by atoms with van der Waals surface area (Å²) < 4.78 is 0. The molecule has 3 N–H and O–H groups in total. The molecule has 0 aliphatic rings. The van der Waals surface area contributed by atoms with Crippen LogP contribution in [0.3, 0.4) is 0 Å². The predicted octanol–water partition coefficient (Wildman–Crippen LogP) is 1.96. The largest absolute Gasteiger partial charge is 0.399 e. The molecule has 3 aromatic rings. The summed E-state index contributed by atoms with van der Waals surface area (Å²) in [4.78, 5) is 18.0. The highest BCUT2D eigenvalue weighted by Gasteiger charge is 2.12. The van der Waals surface area contributed by atoms with Crippen LogP contribution in [0.5, 0.6) is 0 Å². The number of nitrogen functional groups attached to an aromatic ring is 1. The van der Waals surface area contributed by atoms with Crippen LogP contribution in [0.1, 0.15) is 12.5 Å². The molecule has 6 nitrogen and oxygen atoms in total. The lowest BCUT2D eigenvalue weighted by atomic mass is 10.2. The van der Waals surface area contributed by atoms with E-state index in [0.29, 0.717) is 5.65 Å². The average molecular weight is 268 g/mol. The van der Waals surface area contributed by atoms with Gasteiger partial charge in [0.05, 0.1) is 6.33 Å². The fourth-order valence-corrected chi connectivity index (χ4v) is 2.17. The van der Waals surface area contributed by atoms with Gasteiger partial charge in [0.25, 0.3) is 0 Å². The quantitative estimate of drug-likeness (QED) is 0.707. The van der Waals surface area contributed by atoms with Gasteiger partial charge in [-0.25, -0.2) is 15.0 Å². The second kappa shape index (κ2) is 5.16. The van der Waals surface area contributed by atoms with E-state index in [1.165, 1.54) is 5.56 Å². The van der Waals surface area contributed by atoms with Gasteiger partial charge in [0.2, 0.25) is 0 Å². The first-order valence-corrected chi connectivity index (χ1v) is 6.51. The number of nitrogens with zero attached hydrogens (tertiary/aromatic N) is 4. The maximum atomic E-state index is 5.71. The summed E-state index contributed by atoms with van der Waals surface area (Å²) in [6.45, 7) is 3.71. The minimum atomic E-state index is 0.686. The number of anilines is 2. The number of hydrogen-bond donors (Lipinski definition) is 2. The fraction of sp³-hybridized carbons (Fsp3) is 0.214. The lowest BCUT2D eigenvalue weighted by Crippen LogP contribution is -2.23. The third-order valence-corrected chi connectivity index (χ3v) is 3.24. The molecule has 0 spiro atoms. The first kappa shape index (κ1) is 12.4. The Morgan fingerprint density at radius 3 is 2.70 bits per heavy atom. The molecule has 0 atom stereocenters. The highest BCUT2D eigenvalue weighted by atomic mass is 15.2. The van der Waals surface area contributed by atoms with Crippen molar-refractivity contribution < 1.29 is 0 Å². The van der Waals surface area contributed by atoms with E-state index in [1.54, 1.807) is 12.7 Å². The Hall–Kier alpha value is -2.63. The Morgan fingerprint density at radius 1 is 1.15 bits per heavy atom. The molecule has 0 saturated heterocycles. The number of nitrogens with one attached hydrogen (secondary N) is 1. The van der Waals surface area contributed by atoms with Gasteiger partial charge in [-0.1, -0.05) is 12.1 Å². The molecular formula is C14H16N6. The molecule has 0 bridgehead atoms. The van der Waals surface area contributed by atoms with Gasteiger partial charge in [-0.05, 0) is 24.6 Å². The third-order valence-electron chi connectivity index (χ3n) is 3.24. The molecule has 20 heavy (non-hydrogen) atoms. The second-order valence-corrected chi connectivity index (χ2v) is 4.55. The normalized spacial score (nSPS) is 10.8. The van der Waals surface area contributed by atoms with Crippen LogP contribution in [-0.2, 0) is 6.54 Å². The second-order valence-electron chi connectivity index (χ2n) is 4.55. The zero-order valence-electron chi connectivity index (χ0n) is 11.2. The minimum Gasteiger partial charge on any atom is -0.399 e. The van der Waals surface area contributed by atoms with Crippen molar-refractivity contribution in [3.63, 3.8) is 0 Å². The van der Waals surface area contributed by atoms with Crippen LogP contribution in [0.25, 0.3) is 11.2 Å². The molecule has 102 valence electrons. The average Bonchev–Trinajstić information content (AvgIpc) is 2.95. The number of hydrogen-bond acceptors (Lipinski definition) is 5. The van der Waals surface area contributed by atoms with E-state index in [9.17, 15) is 0 Å². The SMILES string of the molecule is CCN(Cc1ccc(N)cc1)c1ncnc2nc[nH]c12. The smallest absolute Gasteiger partial charge is 0.182 e. The number of nitrogens with two attached hydrogens (primary N) is 1. The number of imidazole rings is 1. The summed E-state index contributed by atoms with van der Waals surface area (Å²) in [6, 6.07) is 7.89. The molecule has 2 heterocycles. The maximum absolute atomic E-state index is 5.71. The first-order valence-electron chi connectivity index (χ1n) is 6.51. The third kappa shape index (κ3) is 2.27. The minimum absolute atomic E-state index is 0.686. The molecule has 2 aromatic heterocycles. The van der Waals surface area contributed by atoms with E-state index in [1.807, 2.05) is 24.3 Å². The van der Waals surface area contributed by atoms with Crippen LogP contribution in [0, 0.1) is 0 Å². The summed E-state index contributed by atoms with van der Waals surface area (Å²) in [5.74, 6) is 0.867. The molecule has 0 aliphatic heterocycles. The predicted molar refractivity (Wildman–Crippen MR) is 79.3 cm³/mol. The zero-order valence-corrected chi connectivity index (χ0v) is 11.2. The summed E-state index contributed by atoms with van der Waals surface area (Å²) in [5, 5.41) is 0. The van der Waals surface area contributed by atoms with Crippen LogP contribution < -0.4 is 10.6 Å². The summed E-state index contributed by atoms with van der Waals surface area (Å²) >= 11 is 0. The van der Waals surface area contributed by atoms with Crippen LogP contribution in [0.4, 0.5) is 11.5 Å². The van der Waals surface area contributed by atoms with E-state index in [4.69, 9.17) is 5.73 Å². The molecular weight excluding hydrogens is 252 g/mol. The van der Waals surface area contributed by atoms with Crippen molar-refractivity contribution in [1.29, 1.82) is 0 Å². The Labute approximate surface area is 116 Å². The van der Waals surface area contributed by atoms with Gasteiger partial charge in [0.15, 0.2) is 11.5 Å². The molecule has 0 saturated carbocycles. The fourth-order valence-electron chi connectivity index (χ4n) is 2.17. The van der Waals surface area contributed by atoms with E-state index >= 15 is 0 Å². The van der Waals surface area contributed by atoms with Crippen molar-refractivity contribution in [2.75, 3.05) is 17.2 Å². The van der Waals surface area contributed by atoms with Gasteiger partial charge in [-0.15, -0.1) is 0 Å². The maximum Gasteiger partial charge on any atom is 0.182 e. The number of benzene rings is 1. The van der Waals surface area contributed by atoms with Crippen molar-refractivity contribution in [2.45, 2.75) is 13.5 Å². The monoisotopic (exact) mass is 268 g/mol. The van der Waals surface area contributed by atoms with Crippen molar-refractivity contribution in [3.05, 3.63) is 42.5 Å². The van der Waals surface area contributed by atoms with Gasteiger partial charge < -0.3 is 15.6 Å². The molecule has 0 amide bonds. The summed E-state index contributed by atoms with van der Waals surface area (Å²) in [7, 11) is 0. The lowest BCUT2D eigenvalue weighted by molar-refractivity contribution is 0.815. The number of H-pyrrole nitrogens is 1. The number of rotatable bonds is 4. The Kier molecular flexibility index (Phi) is 3.20.